The van der Waals surface area contributed by atoms with E-state index < -0.39 is 11.9 Å². The molecule has 0 atom stereocenters. The van der Waals surface area contributed by atoms with Crippen LogP contribution in [0.15, 0.2) is 0 Å². The van der Waals surface area contributed by atoms with Crippen molar-refractivity contribution in [2.45, 2.75) is 26.1 Å². The zero-order chi connectivity index (χ0) is 13.8. The van der Waals surface area contributed by atoms with Crippen LogP contribution in [0.1, 0.15) is 22.5 Å². The van der Waals surface area contributed by atoms with Gasteiger partial charge in [0.25, 0.3) is 0 Å². The average Bonchev–Trinajstić information content (AvgIpc) is 2.63. The van der Waals surface area contributed by atoms with Gasteiger partial charge in [-0.05, 0) is 31.0 Å². The summed E-state index contributed by atoms with van der Waals surface area (Å²) in [5.74, 6) is 0. The molecule has 1 aliphatic rings. The quantitative estimate of drug-likeness (QED) is 0.795. The highest BCUT2D eigenvalue weighted by molar-refractivity contribution is 5.84. The van der Waals surface area contributed by atoms with E-state index in [2.05, 4.69) is 15.4 Å². The molecular weight excluding hydrogens is 257 g/mol. The minimum atomic E-state index is -4.42. The summed E-state index contributed by atoms with van der Waals surface area (Å²) in [6.07, 6.45) is -4.07. The van der Waals surface area contributed by atoms with Crippen molar-refractivity contribution < 1.29 is 13.2 Å². The topological polar surface area (TPSA) is 42.7 Å². The average molecular weight is 270 g/mol. The molecule has 1 N–H and O–H groups in total. The number of aryl methyl sites for hydroxylation is 2. The minimum absolute atomic E-state index is 0.298. The largest absolute Gasteiger partial charge is 0.433 e. The van der Waals surface area contributed by atoms with Crippen LogP contribution in [0.4, 0.5) is 13.2 Å². The van der Waals surface area contributed by atoms with E-state index in [1.807, 2.05) is 0 Å². The molecule has 0 spiro atoms. The Morgan fingerprint density at radius 1 is 1.26 bits per heavy atom. The summed E-state index contributed by atoms with van der Waals surface area (Å²) in [5.41, 5.74) is 1.26. The molecule has 0 radical (unpaired) electrons. The van der Waals surface area contributed by atoms with E-state index in [-0.39, 0.29) is 0 Å². The molecule has 19 heavy (non-hydrogen) atoms. The first-order valence-electron chi connectivity index (χ1n) is 6.02. The molecule has 2 aromatic heterocycles. The van der Waals surface area contributed by atoms with Crippen LogP contribution in [0.3, 0.4) is 0 Å². The van der Waals surface area contributed by atoms with Gasteiger partial charge in [-0.3, -0.25) is 4.68 Å². The van der Waals surface area contributed by atoms with Gasteiger partial charge >= 0.3 is 6.18 Å². The van der Waals surface area contributed by atoms with Crippen LogP contribution in [-0.4, -0.2) is 21.3 Å². The van der Waals surface area contributed by atoms with Gasteiger partial charge in [0.05, 0.1) is 5.69 Å². The number of fused-ring (bicyclic) bond motifs is 3. The van der Waals surface area contributed by atoms with Crippen molar-refractivity contribution >= 4 is 11.0 Å². The van der Waals surface area contributed by atoms with E-state index >= 15 is 0 Å². The number of hydrogen-bond acceptors (Lipinski definition) is 3. The normalized spacial score (nSPS) is 15.8. The maximum absolute atomic E-state index is 13.1. The number of rotatable bonds is 0. The van der Waals surface area contributed by atoms with Gasteiger partial charge in [-0.25, -0.2) is 4.98 Å². The molecule has 0 amide bonds. The molecule has 0 fully saturated rings. The van der Waals surface area contributed by atoms with Crippen molar-refractivity contribution in [3.05, 3.63) is 22.5 Å². The van der Waals surface area contributed by atoms with Crippen LogP contribution in [0.2, 0.25) is 0 Å². The van der Waals surface area contributed by atoms with E-state index in [0.717, 1.165) is 11.1 Å². The first-order valence-corrected chi connectivity index (χ1v) is 6.02. The molecule has 1 aliphatic heterocycles. The predicted molar refractivity (Wildman–Crippen MR) is 63.7 cm³/mol. The SMILES string of the molecule is Cc1nn(C)c2nc(C(F)(F)F)c3c(c12)CNCC3. The zero-order valence-electron chi connectivity index (χ0n) is 10.6. The van der Waals surface area contributed by atoms with Crippen molar-refractivity contribution in [1.82, 2.24) is 20.1 Å². The molecule has 0 bridgehead atoms. The summed E-state index contributed by atoms with van der Waals surface area (Å²) in [6.45, 7) is 2.78. The summed E-state index contributed by atoms with van der Waals surface area (Å²) < 4.78 is 40.8. The van der Waals surface area contributed by atoms with E-state index in [9.17, 15) is 13.2 Å². The predicted octanol–water partition coefficient (Wildman–Crippen LogP) is 1.94. The van der Waals surface area contributed by atoms with E-state index in [1.54, 1.807) is 14.0 Å². The van der Waals surface area contributed by atoms with Crippen molar-refractivity contribution in [2.24, 2.45) is 7.05 Å². The molecule has 0 aliphatic carbocycles. The Kier molecular flexibility index (Phi) is 2.57. The van der Waals surface area contributed by atoms with Gasteiger partial charge in [-0.15, -0.1) is 0 Å². The van der Waals surface area contributed by atoms with Crippen LogP contribution in [0.25, 0.3) is 11.0 Å². The van der Waals surface area contributed by atoms with E-state index in [0.29, 0.717) is 36.3 Å². The standard InChI is InChI=1S/C12H13F3N4/c1-6-9-8-5-16-4-3-7(8)10(12(13,14)15)17-11(9)19(2)18-6/h16H,3-5H2,1-2H3. The number of aromatic nitrogens is 3. The van der Waals surface area contributed by atoms with E-state index in [1.165, 1.54) is 4.68 Å². The number of pyridine rings is 1. The molecule has 3 rings (SSSR count). The molecule has 2 aromatic rings. The highest BCUT2D eigenvalue weighted by Gasteiger charge is 2.38. The molecule has 102 valence electrons. The van der Waals surface area contributed by atoms with Crippen molar-refractivity contribution in [3.8, 4) is 0 Å². The maximum atomic E-state index is 13.1. The lowest BCUT2D eigenvalue weighted by Gasteiger charge is -2.22. The smallest absolute Gasteiger partial charge is 0.312 e. The Hall–Kier alpha value is -1.63. The van der Waals surface area contributed by atoms with Gasteiger partial charge in [0, 0.05) is 19.0 Å². The maximum Gasteiger partial charge on any atom is 0.433 e. The second-order valence-corrected chi connectivity index (χ2v) is 4.75. The molecule has 0 saturated heterocycles. The Morgan fingerprint density at radius 2 is 2.00 bits per heavy atom. The zero-order valence-corrected chi connectivity index (χ0v) is 10.6. The monoisotopic (exact) mass is 270 g/mol. The summed E-state index contributed by atoms with van der Waals surface area (Å²) >= 11 is 0. The van der Waals surface area contributed by atoms with Gasteiger partial charge in [0.1, 0.15) is 0 Å². The van der Waals surface area contributed by atoms with Crippen LogP contribution < -0.4 is 5.32 Å². The van der Waals surface area contributed by atoms with Crippen LogP contribution in [-0.2, 0) is 26.2 Å². The fourth-order valence-corrected chi connectivity index (χ4v) is 2.72. The number of alkyl halides is 3. The highest BCUT2D eigenvalue weighted by Crippen LogP contribution is 2.36. The minimum Gasteiger partial charge on any atom is -0.312 e. The molecule has 7 heteroatoms. The van der Waals surface area contributed by atoms with Crippen molar-refractivity contribution in [1.29, 1.82) is 0 Å². The third kappa shape index (κ3) is 1.80. The summed E-state index contributed by atoms with van der Waals surface area (Å²) in [5, 5.41) is 8.04. The Bertz CT molecular complexity index is 657. The van der Waals surface area contributed by atoms with E-state index in [4.69, 9.17) is 0 Å². The molecule has 0 aromatic carbocycles. The first-order chi connectivity index (χ1) is 8.89. The van der Waals surface area contributed by atoms with Crippen LogP contribution >= 0.6 is 0 Å². The number of halogens is 3. The first kappa shape index (κ1) is 12.4. The fourth-order valence-electron chi connectivity index (χ4n) is 2.72. The van der Waals surface area contributed by atoms with Gasteiger partial charge in [-0.2, -0.15) is 18.3 Å². The molecule has 3 heterocycles. The third-order valence-corrected chi connectivity index (χ3v) is 3.48. The Labute approximate surface area is 107 Å². The van der Waals surface area contributed by atoms with Gasteiger partial charge in [-0.1, -0.05) is 0 Å². The molecule has 0 unspecified atom stereocenters. The Morgan fingerprint density at radius 3 is 2.68 bits per heavy atom. The molecule has 0 saturated carbocycles. The third-order valence-electron chi connectivity index (χ3n) is 3.48. The second kappa shape index (κ2) is 3.93. The lowest BCUT2D eigenvalue weighted by Crippen LogP contribution is -2.27. The van der Waals surface area contributed by atoms with Crippen molar-refractivity contribution in [3.63, 3.8) is 0 Å². The summed E-state index contributed by atoms with van der Waals surface area (Å²) in [6, 6.07) is 0. The van der Waals surface area contributed by atoms with Gasteiger partial charge in [0.15, 0.2) is 11.3 Å². The second-order valence-electron chi connectivity index (χ2n) is 4.75. The molecule has 4 nitrogen and oxygen atoms in total. The summed E-state index contributed by atoms with van der Waals surface area (Å²) in [7, 11) is 1.62. The number of hydrogen-bond donors (Lipinski definition) is 1. The fraction of sp³-hybridized carbons (Fsp3) is 0.500. The molecular formula is C12H13F3N4. The summed E-state index contributed by atoms with van der Waals surface area (Å²) in [4.78, 5) is 3.83. The number of nitrogens with zero attached hydrogens (tertiary/aromatic N) is 3. The van der Waals surface area contributed by atoms with Crippen LogP contribution in [0, 0.1) is 6.92 Å². The van der Waals surface area contributed by atoms with Gasteiger partial charge < -0.3 is 5.32 Å². The lowest BCUT2D eigenvalue weighted by atomic mass is 9.96. The Balaban J connectivity index is 2.43. The lowest BCUT2D eigenvalue weighted by molar-refractivity contribution is -0.141. The van der Waals surface area contributed by atoms with Gasteiger partial charge in [0.2, 0.25) is 0 Å². The highest BCUT2D eigenvalue weighted by atomic mass is 19.4. The van der Waals surface area contributed by atoms with Crippen LogP contribution in [0.5, 0.6) is 0 Å². The van der Waals surface area contributed by atoms with Crippen molar-refractivity contribution in [2.75, 3.05) is 6.54 Å². The number of nitrogens with one attached hydrogen (secondary N) is 1.